The number of nitrogens with one attached hydrogen (secondary N) is 1. The van der Waals surface area contributed by atoms with E-state index in [-0.39, 0.29) is 18.0 Å². The fraction of sp³-hybridized carbons (Fsp3) is 0.667. The fourth-order valence-corrected chi connectivity index (χ4v) is 0.657. The quantitative estimate of drug-likeness (QED) is 0.529. The van der Waals surface area contributed by atoms with E-state index in [4.69, 9.17) is 11.2 Å². The molecule has 0 radical (unpaired) electrons. The van der Waals surface area contributed by atoms with E-state index >= 15 is 0 Å². The molecule has 2 nitrogen and oxygen atoms in total. The first kappa shape index (κ1) is 8.77. The Labute approximate surface area is 61.4 Å². The zero-order valence-electron chi connectivity index (χ0n) is 5.31. The van der Waals surface area contributed by atoms with E-state index < -0.39 is 0 Å². The Balaban J connectivity index is 0.000000640. The van der Waals surface area contributed by atoms with Crippen LogP contribution in [0.15, 0.2) is 0 Å². The molecule has 0 amide bonds. The minimum Gasteiger partial charge on any atom is -0.363 e. The minimum absolute atomic E-state index is 0. The maximum absolute atomic E-state index is 5.16. The van der Waals surface area contributed by atoms with Gasteiger partial charge in [-0.15, -0.1) is 18.8 Å². The summed E-state index contributed by atoms with van der Waals surface area (Å²) >= 11 is 0. The number of rotatable bonds is 1. The van der Waals surface area contributed by atoms with Gasteiger partial charge in [0.25, 0.3) is 0 Å². The van der Waals surface area contributed by atoms with Gasteiger partial charge in [-0.3, -0.25) is 0 Å². The first-order chi connectivity index (χ1) is 3.83. The van der Waals surface area contributed by atoms with E-state index in [1.54, 1.807) is 7.11 Å². The van der Waals surface area contributed by atoms with Crippen LogP contribution in [0.25, 0.3) is 0 Å². The maximum Gasteiger partial charge on any atom is 0.152 e. The molecule has 1 saturated heterocycles. The Bertz CT molecular complexity index is 120. The SMILES string of the molecule is C#CC1(OC)CNC1.Cl. The van der Waals surface area contributed by atoms with Gasteiger partial charge in [0, 0.05) is 20.2 Å². The zero-order valence-corrected chi connectivity index (χ0v) is 6.12. The largest absolute Gasteiger partial charge is 0.363 e. The number of hydrogen-bond acceptors (Lipinski definition) is 2. The van der Waals surface area contributed by atoms with Crippen LogP contribution >= 0.6 is 12.4 Å². The third-order valence-corrected chi connectivity index (χ3v) is 1.47. The molecule has 9 heavy (non-hydrogen) atoms. The summed E-state index contributed by atoms with van der Waals surface area (Å²) in [5, 5.41) is 3.04. The lowest BCUT2D eigenvalue weighted by Gasteiger charge is -2.36. The molecule has 0 spiro atoms. The minimum atomic E-state index is -0.278. The van der Waals surface area contributed by atoms with Crippen LogP contribution < -0.4 is 5.32 Å². The van der Waals surface area contributed by atoms with Crippen molar-refractivity contribution < 1.29 is 4.74 Å². The molecule has 0 saturated carbocycles. The van der Waals surface area contributed by atoms with Crippen LogP contribution in [0.1, 0.15) is 0 Å². The van der Waals surface area contributed by atoms with Gasteiger partial charge < -0.3 is 10.1 Å². The Morgan fingerprint density at radius 1 is 1.67 bits per heavy atom. The van der Waals surface area contributed by atoms with E-state index in [1.807, 2.05) is 0 Å². The van der Waals surface area contributed by atoms with Crippen LogP contribution in [0.5, 0.6) is 0 Å². The summed E-state index contributed by atoms with van der Waals surface area (Å²) in [6, 6.07) is 0. The van der Waals surface area contributed by atoms with Gasteiger partial charge in [-0.2, -0.15) is 0 Å². The van der Waals surface area contributed by atoms with Crippen molar-refractivity contribution >= 4 is 12.4 Å². The number of halogens is 1. The molecule has 1 aliphatic heterocycles. The van der Waals surface area contributed by atoms with Gasteiger partial charge in [0.1, 0.15) is 0 Å². The van der Waals surface area contributed by atoms with Crippen molar-refractivity contribution in [1.29, 1.82) is 0 Å². The van der Waals surface area contributed by atoms with Gasteiger partial charge in [0.15, 0.2) is 5.60 Å². The van der Waals surface area contributed by atoms with Gasteiger partial charge in [-0.25, -0.2) is 0 Å². The molecule has 52 valence electrons. The summed E-state index contributed by atoms with van der Waals surface area (Å²) in [7, 11) is 1.64. The van der Waals surface area contributed by atoms with Crippen molar-refractivity contribution in [2.24, 2.45) is 0 Å². The fourth-order valence-electron chi connectivity index (χ4n) is 0.657. The molecule has 0 aromatic heterocycles. The summed E-state index contributed by atoms with van der Waals surface area (Å²) in [6.07, 6.45) is 5.16. The molecule has 0 aromatic rings. The van der Waals surface area contributed by atoms with Crippen molar-refractivity contribution in [2.45, 2.75) is 5.60 Å². The lowest BCUT2D eigenvalue weighted by Crippen LogP contribution is -2.59. The second kappa shape index (κ2) is 3.07. The number of ether oxygens (including phenoxy) is 1. The predicted molar refractivity (Wildman–Crippen MR) is 38.7 cm³/mol. The molecule has 0 atom stereocenters. The van der Waals surface area contributed by atoms with Crippen LogP contribution in [-0.2, 0) is 4.74 Å². The van der Waals surface area contributed by atoms with Crippen molar-refractivity contribution in [2.75, 3.05) is 20.2 Å². The highest BCUT2D eigenvalue weighted by Gasteiger charge is 2.34. The second-order valence-electron chi connectivity index (χ2n) is 1.95. The predicted octanol–water partition coefficient (Wildman–Crippen LogP) is 0.0298. The van der Waals surface area contributed by atoms with Crippen LogP contribution in [0, 0.1) is 12.3 Å². The van der Waals surface area contributed by atoms with Crippen molar-refractivity contribution in [3.8, 4) is 12.3 Å². The average molecular weight is 148 g/mol. The zero-order chi connectivity index (χ0) is 6.04. The summed E-state index contributed by atoms with van der Waals surface area (Å²) in [5.74, 6) is 2.58. The molecule has 1 fully saturated rings. The van der Waals surface area contributed by atoms with E-state index in [2.05, 4.69) is 11.2 Å². The summed E-state index contributed by atoms with van der Waals surface area (Å²) in [6.45, 7) is 1.58. The second-order valence-corrected chi connectivity index (χ2v) is 1.95. The Morgan fingerprint density at radius 3 is 2.22 bits per heavy atom. The van der Waals surface area contributed by atoms with Gasteiger partial charge in [-0.1, -0.05) is 5.92 Å². The van der Waals surface area contributed by atoms with E-state index in [9.17, 15) is 0 Å². The summed E-state index contributed by atoms with van der Waals surface area (Å²) < 4.78 is 5.02. The summed E-state index contributed by atoms with van der Waals surface area (Å²) in [4.78, 5) is 0. The Kier molecular flexibility index (Phi) is 2.99. The van der Waals surface area contributed by atoms with Gasteiger partial charge in [0.2, 0.25) is 0 Å². The van der Waals surface area contributed by atoms with E-state index in [1.165, 1.54) is 0 Å². The third kappa shape index (κ3) is 1.36. The smallest absolute Gasteiger partial charge is 0.152 e. The molecule has 3 heteroatoms. The molecule has 0 aliphatic carbocycles. The average Bonchev–Trinajstić information content (AvgIpc) is 1.67. The van der Waals surface area contributed by atoms with Gasteiger partial charge in [-0.05, 0) is 0 Å². The molecule has 0 bridgehead atoms. The van der Waals surface area contributed by atoms with Crippen molar-refractivity contribution in [1.82, 2.24) is 5.32 Å². The van der Waals surface area contributed by atoms with Crippen LogP contribution in [0.4, 0.5) is 0 Å². The normalized spacial score (nSPS) is 20.9. The Hall–Kier alpha value is -0.230. The maximum atomic E-state index is 5.16. The van der Waals surface area contributed by atoms with E-state index in [0.717, 1.165) is 13.1 Å². The van der Waals surface area contributed by atoms with Crippen LogP contribution in [0.3, 0.4) is 0 Å². The van der Waals surface area contributed by atoms with E-state index in [0.29, 0.717) is 0 Å². The van der Waals surface area contributed by atoms with Crippen molar-refractivity contribution in [3.05, 3.63) is 0 Å². The molecule has 1 rings (SSSR count). The Morgan fingerprint density at radius 2 is 2.22 bits per heavy atom. The summed E-state index contributed by atoms with van der Waals surface area (Å²) in [5.41, 5.74) is -0.278. The van der Waals surface area contributed by atoms with Crippen LogP contribution in [0.2, 0.25) is 0 Å². The van der Waals surface area contributed by atoms with Crippen molar-refractivity contribution in [3.63, 3.8) is 0 Å². The van der Waals surface area contributed by atoms with Gasteiger partial charge >= 0.3 is 0 Å². The molecule has 0 aromatic carbocycles. The highest BCUT2D eigenvalue weighted by molar-refractivity contribution is 5.85. The molecular weight excluding hydrogens is 138 g/mol. The first-order valence-corrected chi connectivity index (χ1v) is 2.57. The molecule has 1 aliphatic rings. The standard InChI is InChI=1S/C6H9NO.ClH/c1-3-6(8-2)4-7-5-6;/h1,7H,4-5H2,2H3;1H. The topological polar surface area (TPSA) is 21.3 Å². The molecule has 1 N–H and O–H groups in total. The highest BCUT2D eigenvalue weighted by Crippen LogP contribution is 2.12. The van der Waals surface area contributed by atoms with Crippen LogP contribution in [-0.4, -0.2) is 25.8 Å². The third-order valence-electron chi connectivity index (χ3n) is 1.47. The number of hydrogen-bond donors (Lipinski definition) is 1. The van der Waals surface area contributed by atoms with Gasteiger partial charge in [0.05, 0.1) is 0 Å². The lowest BCUT2D eigenvalue weighted by atomic mass is 9.99. The monoisotopic (exact) mass is 147 g/mol. The first-order valence-electron chi connectivity index (χ1n) is 2.57. The molecule has 0 unspecified atom stereocenters. The highest BCUT2D eigenvalue weighted by atomic mass is 35.5. The molecule has 1 heterocycles. The molecular formula is C6H10ClNO. The number of terminal acetylenes is 1. The lowest BCUT2D eigenvalue weighted by molar-refractivity contribution is -0.00109. The number of methoxy groups -OCH3 is 1.